The number of nitrogens with zero attached hydrogens (tertiary/aromatic N) is 4. The molecule has 0 radical (unpaired) electrons. The average molecular weight is 267 g/mol. The quantitative estimate of drug-likeness (QED) is 0.738. The normalized spacial score (nSPS) is 13.8. The summed E-state index contributed by atoms with van der Waals surface area (Å²) in [6, 6.07) is 14.8. The van der Waals surface area contributed by atoms with Crippen LogP contribution in [0.1, 0.15) is 17.1 Å². The maximum atomic E-state index is 11.1. The molecule has 0 aliphatic carbocycles. The van der Waals surface area contributed by atoms with Gasteiger partial charge in [0, 0.05) is 18.3 Å². The van der Waals surface area contributed by atoms with E-state index in [4.69, 9.17) is 0 Å². The topological polar surface area (TPSA) is 87.6 Å². The maximum Gasteiger partial charge on any atom is 0.210 e. The van der Waals surface area contributed by atoms with Crippen LogP contribution in [-0.2, 0) is 12.0 Å². The third-order valence-corrected chi connectivity index (χ3v) is 3.13. The van der Waals surface area contributed by atoms with E-state index in [2.05, 4.69) is 25.6 Å². The molecular formula is C14H13N5O. The van der Waals surface area contributed by atoms with Gasteiger partial charge in [0.25, 0.3) is 0 Å². The van der Waals surface area contributed by atoms with Crippen molar-refractivity contribution in [1.29, 1.82) is 0 Å². The van der Waals surface area contributed by atoms with E-state index in [0.717, 1.165) is 5.69 Å². The van der Waals surface area contributed by atoms with Crippen LogP contribution in [0.3, 0.4) is 0 Å². The molecule has 0 fully saturated rings. The van der Waals surface area contributed by atoms with Gasteiger partial charge < -0.3 is 5.11 Å². The number of hydrogen-bond donors (Lipinski definition) is 2. The highest BCUT2D eigenvalue weighted by atomic mass is 16.3. The predicted molar refractivity (Wildman–Crippen MR) is 71.6 cm³/mol. The van der Waals surface area contributed by atoms with Crippen LogP contribution in [0.5, 0.6) is 0 Å². The maximum absolute atomic E-state index is 11.1. The first-order chi connectivity index (χ1) is 9.79. The van der Waals surface area contributed by atoms with Gasteiger partial charge in [0.15, 0.2) is 5.60 Å². The van der Waals surface area contributed by atoms with E-state index in [9.17, 15) is 5.11 Å². The molecule has 1 unspecified atom stereocenters. The Balaban J connectivity index is 2.05. The Morgan fingerprint density at radius 3 is 2.50 bits per heavy atom. The number of aliphatic hydroxyl groups is 1. The molecule has 0 spiro atoms. The summed E-state index contributed by atoms with van der Waals surface area (Å²) >= 11 is 0. The van der Waals surface area contributed by atoms with Gasteiger partial charge in [-0.15, -0.1) is 10.2 Å². The summed E-state index contributed by atoms with van der Waals surface area (Å²) in [5, 5.41) is 24.9. The Labute approximate surface area is 115 Å². The summed E-state index contributed by atoms with van der Waals surface area (Å²) in [7, 11) is 0. The lowest BCUT2D eigenvalue weighted by Crippen LogP contribution is -2.32. The minimum Gasteiger partial charge on any atom is -0.376 e. The van der Waals surface area contributed by atoms with E-state index in [1.165, 1.54) is 0 Å². The van der Waals surface area contributed by atoms with Crippen molar-refractivity contribution in [2.75, 3.05) is 0 Å². The largest absolute Gasteiger partial charge is 0.376 e. The summed E-state index contributed by atoms with van der Waals surface area (Å²) in [4.78, 5) is 4.25. The van der Waals surface area contributed by atoms with Gasteiger partial charge in [-0.3, -0.25) is 4.98 Å². The van der Waals surface area contributed by atoms with E-state index >= 15 is 0 Å². The monoisotopic (exact) mass is 267 g/mol. The minimum absolute atomic E-state index is 0.231. The first kappa shape index (κ1) is 12.4. The van der Waals surface area contributed by atoms with Crippen molar-refractivity contribution in [1.82, 2.24) is 25.6 Å². The zero-order valence-corrected chi connectivity index (χ0v) is 10.6. The molecule has 0 aliphatic rings. The summed E-state index contributed by atoms with van der Waals surface area (Å²) in [6.45, 7) is 0. The molecule has 0 bridgehead atoms. The van der Waals surface area contributed by atoms with Crippen LogP contribution in [0.25, 0.3) is 0 Å². The van der Waals surface area contributed by atoms with Crippen LogP contribution < -0.4 is 0 Å². The second kappa shape index (κ2) is 5.18. The molecule has 1 atom stereocenters. The number of aromatic amines is 1. The third-order valence-electron chi connectivity index (χ3n) is 3.13. The number of tetrazole rings is 1. The Bertz CT molecular complexity index is 657. The van der Waals surface area contributed by atoms with Gasteiger partial charge in [-0.05, 0) is 17.7 Å². The molecule has 0 aliphatic heterocycles. The minimum atomic E-state index is -1.36. The van der Waals surface area contributed by atoms with Crippen molar-refractivity contribution < 1.29 is 5.11 Å². The zero-order chi connectivity index (χ0) is 13.8. The number of rotatable bonds is 4. The molecule has 6 nitrogen and oxygen atoms in total. The van der Waals surface area contributed by atoms with Crippen LogP contribution in [0.2, 0.25) is 0 Å². The van der Waals surface area contributed by atoms with Crippen molar-refractivity contribution in [2.45, 2.75) is 12.0 Å². The van der Waals surface area contributed by atoms with Crippen molar-refractivity contribution in [3.63, 3.8) is 0 Å². The predicted octanol–water partition coefficient (Wildman–Crippen LogP) is 1.07. The van der Waals surface area contributed by atoms with Crippen molar-refractivity contribution in [2.24, 2.45) is 0 Å². The molecule has 2 heterocycles. The van der Waals surface area contributed by atoms with Gasteiger partial charge in [-0.25, -0.2) is 0 Å². The fourth-order valence-electron chi connectivity index (χ4n) is 2.13. The smallest absolute Gasteiger partial charge is 0.210 e. The highest BCUT2D eigenvalue weighted by Gasteiger charge is 2.36. The molecule has 0 amide bonds. The van der Waals surface area contributed by atoms with Gasteiger partial charge in [0.05, 0.1) is 0 Å². The number of H-pyrrole nitrogens is 1. The molecule has 20 heavy (non-hydrogen) atoms. The van der Waals surface area contributed by atoms with Crippen LogP contribution >= 0.6 is 0 Å². The van der Waals surface area contributed by atoms with E-state index in [1.807, 2.05) is 48.5 Å². The number of benzene rings is 1. The number of nitrogens with one attached hydrogen (secondary N) is 1. The van der Waals surface area contributed by atoms with Crippen LogP contribution in [0, 0.1) is 0 Å². The molecule has 3 rings (SSSR count). The van der Waals surface area contributed by atoms with Crippen LogP contribution in [-0.4, -0.2) is 30.7 Å². The first-order valence-electron chi connectivity index (χ1n) is 6.21. The summed E-state index contributed by atoms with van der Waals surface area (Å²) in [6.07, 6.45) is 1.97. The summed E-state index contributed by atoms with van der Waals surface area (Å²) < 4.78 is 0. The van der Waals surface area contributed by atoms with Crippen LogP contribution in [0.15, 0.2) is 54.7 Å². The van der Waals surface area contributed by atoms with Gasteiger partial charge in [0.1, 0.15) is 0 Å². The first-order valence-corrected chi connectivity index (χ1v) is 6.21. The molecular weight excluding hydrogens is 254 g/mol. The van der Waals surface area contributed by atoms with E-state index in [-0.39, 0.29) is 12.2 Å². The Morgan fingerprint density at radius 2 is 1.85 bits per heavy atom. The van der Waals surface area contributed by atoms with Gasteiger partial charge in [-0.2, -0.15) is 5.21 Å². The fourth-order valence-corrected chi connectivity index (χ4v) is 2.13. The number of pyridine rings is 1. The van der Waals surface area contributed by atoms with Gasteiger partial charge >= 0.3 is 0 Å². The highest BCUT2D eigenvalue weighted by Crippen LogP contribution is 2.29. The molecule has 0 saturated heterocycles. The summed E-state index contributed by atoms with van der Waals surface area (Å²) in [5.41, 5.74) is 0.0958. The van der Waals surface area contributed by atoms with Gasteiger partial charge in [0.2, 0.25) is 5.82 Å². The molecule has 100 valence electrons. The lowest BCUT2D eigenvalue weighted by atomic mass is 9.88. The average Bonchev–Trinajstić information content (AvgIpc) is 3.04. The van der Waals surface area contributed by atoms with E-state index in [0.29, 0.717) is 5.56 Å². The second-order valence-electron chi connectivity index (χ2n) is 4.46. The Morgan fingerprint density at radius 1 is 1.05 bits per heavy atom. The molecule has 0 saturated carbocycles. The molecule has 1 aromatic carbocycles. The zero-order valence-electron chi connectivity index (χ0n) is 10.6. The fraction of sp³-hybridized carbons (Fsp3) is 0.143. The molecule has 2 N–H and O–H groups in total. The lowest BCUT2D eigenvalue weighted by Gasteiger charge is -2.24. The van der Waals surface area contributed by atoms with Crippen molar-refractivity contribution >= 4 is 0 Å². The number of aromatic nitrogens is 5. The lowest BCUT2D eigenvalue weighted by molar-refractivity contribution is 0.0704. The molecule has 3 aromatic rings. The SMILES string of the molecule is OC(Cc1ccccn1)(c1ccccc1)c1nn[nH]n1. The van der Waals surface area contributed by atoms with Gasteiger partial charge in [-0.1, -0.05) is 41.6 Å². The highest BCUT2D eigenvalue weighted by molar-refractivity contribution is 5.30. The molecule has 2 aromatic heterocycles. The van der Waals surface area contributed by atoms with E-state index < -0.39 is 5.60 Å². The van der Waals surface area contributed by atoms with E-state index in [1.54, 1.807) is 6.20 Å². The second-order valence-corrected chi connectivity index (χ2v) is 4.46. The standard InChI is InChI=1S/C14H13N5O/c20-14(13-16-18-19-17-13,11-6-2-1-3-7-11)10-12-8-4-5-9-15-12/h1-9,20H,10H2,(H,16,17,18,19). The van der Waals surface area contributed by atoms with Crippen LogP contribution in [0.4, 0.5) is 0 Å². The third kappa shape index (κ3) is 2.28. The van der Waals surface area contributed by atoms with Crippen molar-refractivity contribution in [3.8, 4) is 0 Å². The molecule has 6 heteroatoms. The Hall–Kier alpha value is -2.60. The number of hydrogen-bond acceptors (Lipinski definition) is 5. The Kier molecular flexibility index (Phi) is 3.22. The van der Waals surface area contributed by atoms with Crippen molar-refractivity contribution in [3.05, 3.63) is 71.8 Å². The summed E-state index contributed by atoms with van der Waals surface area (Å²) in [5.74, 6) is 0.231.